The molecule has 1 N–H and O–H groups in total. The zero-order valence-corrected chi connectivity index (χ0v) is 13.4. The van der Waals surface area contributed by atoms with E-state index in [1.165, 1.54) is 22.9 Å². The van der Waals surface area contributed by atoms with Gasteiger partial charge >= 0.3 is 0 Å². The van der Waals surface area contributed by atoms with Crippen molar-refractivity contribution in [2.24, 2.45) is 5.92 Å². The van der Waals surface area contributed by atoms with Crippen LogP contribution in [0.15, 0.2) is 23.1 Å². The third kappa shape index (κ3) is 3.62. The lowest BCUT2D eigenvalue weighted by molar-refractivity contribution is 0.250. The molecule has 0 heterocycles. The summed E-state index contributed by atoms with van der Waals surface area (Å²) in [5.41, 5.74) is 0.603. The molecule has 1 saturated carbocycles. The molecule has 1 aliphatic carbocycles. The predicted molar refractivity (Wildman–Crippen MR) is 80.9 cm³/mol. The lowest BCUT2D eigenvalue weighted by atomic mass is 9.85. The molecule has 0 aliphatic heterocycles. The summed E-state index contributed by atoms with van der Waals surface area (Å²) in [7, 11) is -1.90. The molecule has 0 bridgehead atoms. The third-order valence-corrected chi connectivity index (χ3v) is 6.08. The summed E-state index contributed by atoms with van der Waals surface area (Å²) < 4.78 is 40.6. The molecule has 1 fully saturated rings. The zero-order chi connectivity index (χ0) is 15.5. The fourth-order valence-electron chi connectivity index (χ4n) is 2.60. The van der Waals surface area contributed by atoms with E-state index in [1.807, 2.05) is 6.92 Å². The number of sulfonamides is 1. The van der Waals surface area contributed by atoms with Gasteiger partial charge in [0.1, 0.15) is 5.82 Å². The molecule has 21 heavy (non-hydrogen) atoms. The fourth-order valence-corrected chi connectivity index (χ4v) is 4.36. The number of benzene rings is 1. The van der Waals surface area contributed by atoms with Gasteiger partial charge in [0.2, 0.25) is 10.0 Å². The van der Waals surface area contributed by atoms with Crippen molar-refractivity contribution >= 4 is 10.0 Å². The van der Waals surface area contributed by atoms with Crippen molar-refractivity contribution in [3.63, 3.8) is 0 Å². The van der Waals surface area contributed by atoms with Crippen LogP contribution in [-0.2, 0) is 16.6 Å². The number of halogens is 1. The van der Waals surface area contributed by atoms with Crippen molar-refractivity contribution < 1.29 is 12.8 Å². The molecule has 1 aliphatic rings. The second-order valence-electron chi connectivity index (χ2n) is 5.53. The van der Waals surface area contributed by atoms with E-state index < -0.39 is 15.8 Å². The van der Waals surface area contributed by atoms with Gasteiger partial charge in [-0.05, 0) is 43.5 Å². The first-order chi connectivity index (χ1) is 9.98. The Labute approximate surface area is 126 Å². The van der Waals surface area contributed by atoms with Gasteiger partial charge in [-0.1, -0.05) is 19.4 Å². The van der Waals surface area contributed by atoms with Crippen molar-refractivity contribution in [3.8, 4) is 0 Å². The zero-order valence-electron chi connectivity index (χ0n) is 12.6. The van der Waals surface area contributed by atoms with E-state index in [9.17, 15) is 12.8 Å². The van der Waals surface area contributed by atoms with Crippen molar-refractivity contribution in [1.82, 2.24) is 9.62 Å². The molecule has 2 rings (SSSR count). The highest BCUT2D eigenvalue weighted by Crippen LogP contribution is 2.30. The first-order valence-corrected chi connectivity index (χ1v) is 8.86. The van der Waals surface area contributed by atoms with Gasteiger partial charge in [0.25, 0.3) is 0 Å². The van der Waals surface area contributed by atoms with Crippen molar-refractivity contribution in [2.75, 3.05) is 20.1 Å². The van der Waals surface area contributed by atoms with Crippen LogP contribution in [0.5, 0.6) is 0 Å². The van der Waals surface area contributed by atoms with Crippen LogP contribution < -0.4 is 5.32 Å². The number of nitrogens with one attached hydrogen (secondary N) is 1. The van der Waals surface area contributed by atoms with Crippen molar-refractivity contribution in [3.05, 3.63) is 29.6 Å². The van der Waals surface area contributed by atoms with Gasteiger partial charge in [-0.15, -0.1) is 0 Å². The van der Waals surface area contributed by atoms with Crippen LogP contribution in [0.25, 0.3) is 0 Å². The molecular weight excluding hydrogens is 291 g/mol. The number of nitrogens with zero attached hydrogens (tertiary/aromatic N) is 1. The maximum absolute atomic E-state index is 13.5. The van der Waals surface area contributed by atoms with Gasteiger partial charge in [0.15, 0.2) is 0 Å². The molecule has 0 amide bonds. The van der Waals surface area contributed by atoms with Crippen LogP contribution in [0.4, 0.5) is 4.39 Å². The van der Waals surface area contributed by atoms with Gasteiger partial charge in [-0.3, -0.25) is 0 Å². The number of hydrogen-bond donors (Lipinski definition) is 1. The minimum absolute atomic E-state index is 0.0815. The summed E-state index contributed by atoms with van der Waals surface area (Å²) in [6, 6.07) is 3.97. The summed E-state index contributed by atoms with van der Waals surface area (Å²) in [6.45, 7) is 3.17. The van der Waals surface area contributed by atoms with Crippen molar-refractivity contribution in [1.29, 1.82) is 0 Å². The summed E-state index contributed by atoms with van der Waals surface area (Å²) in [4.78, 5) is 0.0815. The summed E-state index contributed by atoms with van der Waals surface area (Å²) in [5.74, 6) is -0.0749. The number of hydrogen-bond acceptors (Lipinski definition) is 3. The molecule has 0 spiro atoms. The maximum Gasteiger partial charge on any atom is 0.243 e. The molecule has 0 atom stereocenters. The highest BCUT2D eigenvalue weighted by Gasteiger charge is 2.30. The normalized spacial score (nSPS) is 16.2. The quantitative estimate of drug-likeness (QED) is 0.840. The molecule has 6 heteroatoms. The standard InChI is InChI=1S/C15H23FN2O2S/c1-3-18(11-12-5-4-6-12)21(19,20)15-9-14(16)8-7-13(15)10-17-2/h7-9,12,17H,3-6,10-11H2,1-2H3. The Morgan fingerprint density at radius 2 is 2.10 bits per heavy atom. The second kappa shape index (κ2) is 6.85. The van der Waals surface area contributed by atoms with Gasteiger partial charge in [-0.2, -0.15) is 4.31 Å². The Kier molecular flexibility index (Phi) is 5.35. The Morgan fingerprint density at radius 3 is 2.62 bits per heavy atom. The minimum Gasteiger partial charge on any atom is -0.316 e. The smallest absolute Gasteiger partial charge is 0.243 e. The first-order valence-electron chi connectivity index (χ1n) is 7.42. The maximum atomic E-state index is 13.5. The summed E-state index contributed by atoms with van der Waals surface area (Å²) >= 11 is 0. The van der Waals surface area contributed by atoms with Crippen LogP contribution in [0.3, 0.4) is 0 Å². The fraction of sp³-hybridized carbons (Fsp3) is 0.600. The van der Waals surface area contributed by atoms with Gasteiger partial charge in [-0.25, -0.2) is 12.8 Å². The SMILES string of the molecule is CCN(CC1CCC1)S(=O)(=O)c1cc(F)ccc1CNC. The Bertz CT molecular complexity index is 585. The highest BCUT2D eigenvalue weighted by molar-refractivity contribution is 7.89. The van der Waals surface area contributed by atoms with E-state index in [4.69, 9.17) is 0 Å². The Hall–Kier alpha value is -0.980. The van der Waals surface area contributed by atoms with Crippen LogP contribution >= 0.6 is 0 Å². The summed E-state index contributed by atoms with van der Waals surface area (Å²) in [5, 5.41) is 2.93. The third-order valence-electron chi connectivity index (χ3n) is 4.05. The van der Waals surface area contributed by atoms with E-state index in [-0.39, 0.29) is 4.90 Å². The minimum atomic E-state index is -3.64. The van der Waals surface area contributed by atoms with Gasteiger partial charge in [0, 0.05) is 19.6 Å². The molecule has 1 aromatic carbocycles. The monoisotopic (exact) mass is 314 g/mol. The van der Waals surface area contributed by atoms with E-state index in [0.29, 0.717) is 31.1 Å². The summed E-state index contributed by atoms with van der Waals surface area (Å²) in [6.07, 6.45) is 3.34. The topological polar surface area (TPSA) is 49.4 Å². The van der Waals surface area contributed by atoms with Crippen molar-refractivity contribution in [2.45, 2.75) is 37.6 Å². The van der Waals surface area contributed by atoms with Gasteiger partial charge < -0.3 is 5.32 Å². The highest BCUT2D eigenvalue weighted by atomic mass is 32.2. The molecule has 0 radical (unpaired) electrons. The second-order valence-corrected chi connectivity index (χ2v) is 7.44. The van der Waals surface area contributed by atoms with E-state index >= 15 is 0 Å². The van der Waals surface area contributed by atoms with E-state index in [2.05, 4.69) is 5.32 Å². The molecule has 0 saturated heterocycles. The lowest BCUT2D eigenvalue weighted by Crippen LogP contribution is -2.37. The Morgan fingerprint density at radius 1 is 1.38 bits per heavy atom. The Balaban J connectivity index is 2.33. The largest absolute Gasteiger partial charge is 0.316 e. The van der Waals surface area contributed by atoms with E-state index in [1.54, 1.807) is 7.05 Å². The molecule has 118 valence electrons. The predicted octanol–water partition coefficient (Wildman–Crippen LogP) is 2.36. The van der Waals surface area contributed by atoms with Gasteiger partial charge in [0.05, 0.1) is 4.90 Å². The first kappa shape index (κ1) is 16.4. The number of rotatable bonds is 7. The molecule has 0 aromatic heterocycles. The molecule has 0 unspecified atom stereocenters. The average Bonchev–Trinajstić information content (AvgIpc) is 2.39. The van der Waals surface area contributed by atoms with Crippen LogP contribution in [0.2, 0.25) is 0 Å². The van der Waals surface area contributed by atoms with E-state index in [0.717, 1.165) is 18.9 Å². The molecule has 4 nitrogen and oxygen atoms in total. The average molecular weight is 314 g/mol. The van der Waals surface area contributed by atoms with Crippen LogP contribution in [0, 0.1) is 11.7 Å². The molecule has 1 aromatic rings. The van der Waals surface area contributed by atoms with Crippen LogP contribution in [0.1, 0.15) is 31.7 Å². The lowest BCUT2D eigenvalue weighted by Gasteiger charge is -2.31. The molecular formula is C15H23FN2O2S. The van der Waals surface area contributed by atoms with Crippen LogP contribution in [-0.4, -0.2) is 32.9 Å².